The minimum absolute atomic E-state index is 0.612. The Morgan fingerprint density at radius 1 is 1.44 bits per heavy atom. The molecule has 3 heteroatoms. The summed E-state index contributed by atoms with van der Waals surface area (Å²) in [5.74, 6) is 0.760. The molecule has 0 bridgehead atoms. The molecule has 3 nitrogen and oxygen atoms in total. The van der Waals surface area contributed by atoms with Crippen molar-refractivity contribution in [3.63, 3.8) is 0 Å². The highest BCUT2D eigenvalue weighted by Gasteiger charge is 2.12. The van der Waals surface area contributed by atoms with Crippen LogP contribution in [0.5, 0.6) is 0 Å². The van der Waals surface area contributed by atoms with Gasteiger partial charge >= 0.3 is 0 Å². The van der Waals surface area contributed by atoms with Crippen LogP contribution >= 0.6 is 0 Å². The molecule has 2 rings (SSSR count). The Morgan fingerprint density at radius 3 is 3.12 bits per heavy atom. The van der Waals surface area contributed by atoms with E-state index in [1.54, 1.807) is 0 Å². The standard InChI is InChI=1S/C13H21N3/c14-8-11-3-1-5-13(7-11)16-10-12-4-2-6-15-9-12/h1,3,5,7,12,15-16H,2,4,6,8-10,14H2. The maximum Gasteiger partial charge on any atom is 0.0343 e. The van der Waals surface area contributed by atoms with Gasteiger partial charge in [0.1, 0.15) is 0 Å². The van der Waals surface area contributed by atoms with E-state index in [9.17, 15) is 0 Å². The number of anilines is 1. The zero-order chi connectivity index (χ0) is 11.2. The second-order valence-corrected chi connectivity index (χ2v) is 4.50. The van der Waals surface area contributed by atoms with E-state index in [1.165, 1.54) is 30.6 Å². The molecule has 0 saturated carbocycles. The summed E-state index contributed by atoms with van der Waals surface area (Å²) in [6, 6.07) is 8.36. The summed E-state index contributed by atoms with van der Waals surface area (Å²) in [5, 5.41) is 6.93. The van der Waals surface area contributed by atoms with Crippen molar-refractivity contribution in [2.24, 2.45) is 11.7 Å². The number of benzene rings is 1. The highest BCUT2D eigenvalue weighted by Crippen LogP contribution is 2.14. The van der Waals surface area contributed by atoms with Gasteiger partial charge in [0.25, 0.3) is 0 Å². The lowest BCUT2D eigenvalue weighted by atomic mass is 9.99. The van der Waals surface area contributed by atoms with Gasteiger partial charge in [-0.25, -0.2) is 0 Å². The van der Waals surface area contributed by atoms with Crippen LogP contribution in [0.15, 0.2) is 24.3 Å². The van der Waals surface area contributed by atoms with Crippen LogP contribution in [0.4, 0.5) is 5.69 Å². The molecule has 0 spiro atoms. The van der Waals surface area contributed by atoms with Crippen molar-refractivity contribution in [1.29, 1.82) is 0 Å². The third kappa shape index (κ3) is 3.22. The number of nitrogens with two attached hydrogens (primary N) is 1. The first-order valence-electron chi connectivity index (χ1n) is 6.12. The Balaban J connectivity index is 1.83. The van der Waals surface area contributed by atoms with E-state index in [0.29, 0.717) is 6.54 Å². The van der Waals surface area contributed by atoms with Crippen LogP contribution in [0, 0.1) is 5.92 Å². The van der Waals surface area contributed by atoms with Crippen molar-refractivity contribution in [1.82, 2.24) is 5.32 Å². The van der Waals surface area contributed by atoms with Gasteiger partial charge in [-0.2, -0.15) is 0 Å². The summed E-state index contributed by atoms with van der Waals surface area (Å²) in [6.45, 7) is 3.99. The van der Waals surface area contributed by atoms with Gasteiger partial charge in [0.2, 0.25) is 0 Å². The van der Waals surface area contributed by atoms with Gasteiger partial charge in [0, 0.05) is 18.8 Å². The minimum atomic E-state index is 0.612. The van der Waals surface area contributed by atoms with E-state index in [-0.39, 0.29) is 0 Å². The molecule has 0 aromatic heterocycles. The van der Waals surface area contributed by atoms with Crippen LogP contribution in [0.2, 0.25) is 0 Å². The minimum Gasteiger partial charge on any atom is -0.385 e. The molecule has 0 radical (unpaired) electrons. The van der Waals surface area contributed by atoms with Crippen LogP contribution in [0.25, 0.3) is 0 Å². The highest BCUT2D eigenvalue weighted by molar-refractivity contribution is 5.45. The number of hydrogen-bond acceptors (Lipinski definition) is 3. The van der Waals surface area contributed by atoms with Gasteiger partial charge < -0.3 is 16.4 Å². The van der Waals surface area contributed by atoms with Crippen LogP contribution in [0.3, 0.4) is 0 Å². The summed E-state index contributed by atoms with van der Waals surface area (Å²) in [6.07, 6.45) is 2.63. The molecule has 1 fully saturated rings. The fraction of sp³-hybridized carbons (Fsp3) is 0.538. The first-order chi connectivity index (χ1) is 7.88. The molecule has 4 N–H and O–H groups in total. The van der Waals surface area contributed by atoms with Crippen molar-refractivity contribution in [2.75, 3.05) is 25.0 Å². The van der Waals surface area contributed by atoms with Crippen molar-refractivity contribution >= 4 is 5.69 Å². The third-order valence-electron chi connectivity index (χ3n) is 3.16. The van der Waals surface area contributed by atoms with E-state index in [1.807, 2.05) is 0 Å². The average Bonchev–Trinajstić information content (AvgIpc) is 2.38. The van der Waals surface area contributed by atoms with E-state index >= 15 is 0 Å². The number of nitrogens with one attached hydrogen (secondary N) is 2. The lowest BCUT2D eigenvalue weighted by molar-refractivity contribution is 0.393. The number of piperidine rings is 1. The van der Waals surface area contributed by atoms with Crippen LogP contribution in [0.1, 0.15) is 18.4 Å². The maximum atomic E-state index is 5.62. The molecule has 1 aliphatic heterocycles. The fourth-order valence-electron chi connectivity index (χ4n) is 2.17. The topological polar surface area (TPSA) is 50.1 Å². The average molecular weight is 219 g/mol. The highest BCUT2D eigenvalue weighted by atomic mass is 14.9. The van der Waals surface area contributed by atoms with Gasteiger partial charge in [0.15, 0.2) is 0 Å². The molecule has 1 heterocycles. The van der Waals surface area contributed by atoms with E-state index in [0.717, 1.165) is 19.0 Å². The Hall–Kier alpha value is -1.06. The lowest BCUT2D eigenvalue weighted by Crippen LogP contribution is -2.33. The van der Waals surface area contributed by atoms with Crippen molar-refractivity contribution in [3.05, 3.63) is 29.8 Å². The largest absolute Gasteiger partial charge is 0.385 e. The molecule has 0 aliphatic carbocycles. The smallest absolute Gasteiger partial charge is 0.0343 e. The Kier molecular flexibility index (Phi) is 4.19. The number of rotatable bonds is 4. The van der Waals surface area contributed by atoms with Gasteiger partial charge in [-0.15, -0.1) is 0 Å². The van der Waals surface area contributed by atoms with Crippen LogP contribution in [-0.2, 0) is 6.54 Å². The van der Waals surface area contributed by atoms with Gasteiger partial charge in [-0.1, -0.05) is 12.1 Å². The summed E-state index contributed by atoms with van der Waals surface area (Å²) < 4.78 is 0. The van der Waals surface area contributed by atoms with Gasteiger partial charge in [-0.3, -0.25) is 0 Å². The molecule has 0 amide bonds. The molecule has 1 aromatic rings. The quantitative estimate of drug-likeness (QED) is 0.720. The summed E-state index contributed by atoms with van der Waals surface area (Å²) in [4.78, 5) is 0. The molecule has 1 aliphatic rings. The Bertz CT molecular complexity index is 319. The third-order valence-corrected chi connectivity index (χ3v) is 3.16. The molecule has 1 unspecified atom stereocenters. The molecule has 16 heavy (non-hydrogen) atoms. The molecule has 1 atom stereocenters. The first kappa shape index (κ1) is 11.4. The van der Waals surface area contributed by atoms with E-state index in [2.05, 4.69) is 34.9 Å². The second-order valence-electron chi connectivity index (χ2n) is 4.50. The van der Waals surface area contributed by atoms with E-state index < -0.39 is 0 Å². The van der Waals surface area contributed by atoms with Gasteiger partial charge in [0.05, 0.1) is 0 Å². The molecule has 1 aromatic carbocycles. The van der Waals surface area contributed by atoms with Crippen LogP contribution in [-0.4, -0.2) is 19.6 Å². The summed E-state index contributed by atoms with van der Waals surface area (Å²) >= 11 is 0. The maximum absolute atomic E-state index is 5.62. The zero-order valence-corrected chi connectivity index (χ0v) is 9.71. The molecule has 1 saturated heterocycles. The number of hydrogen-bond donors (Lipinski definition) is 3. The summed E-state index contributed by atoms with van der Waals surface area (Å²) in [7, 11) is 0. The van der Waals surface area contributed by atoms with Crippen molar-refractivity contribution < 1.29 is 0 Å². The summed E-state index contributed by atoms with van der Waals surface area (Å²) in [5.41, 5.74) is 8.00. The molecular weight excluding hydrogens is 198 g/mol. The van der Waals surface area contributed by atoms with Crippen molar-refractivity contribution in [2.45, 2.75) is 19.4 Å². The van der Waals surface area contributed by atoms with Crippen molar-refractivity contribution in [3.8, 4) is 0 Å². The fourth-order valence-corrected chi connectivity index (χ4v) is 2.17. The van der Waals surface area contributed by atoms with E-state index in [4.69, 9.17) is 5.73 Å². The molecular formula is C13H21N3. The Morgan fingerprint density at radius 2 is 2.38 bits per heavy atom. The normalized spacial score (nSPS) is 20.7. The SMILES string of the molecule is NCc1cccc(NCC2CCCNC2)c1. The predicted molar refractivity (Wildman–Crippen MR) is 68.4 cm³/mol. The van der Waals surface area contributed by atoms with Gasteiger partial charge in [-0.05, 0) is 49.5 Å². The molecule has 88 valence electrons. The van der Waals surface area contributed by atoms with Crippen LogP contribution < -0.4 is 16.4 Å². The zero-order valence-electron chi connectivity index (χ0n) is 9.71. The first-order valence-corrected chi connectivity index (χ1v) is 6.12. The second kappa shape index (κ2) is 5.87. The predicted octanol–water partition coefficient (Wildman–Crippen LogP) is 1.56. The monoisotopic (exact) mass is 219 g/mol. The lowest BCUT2D eigenvalue weighted by Gasteiger charge is -2.23. The Labute approximate surface area is 97.4 Å².